The molecule has 0 radical (unpaired) electrons. The molecule has 0 spiro atoms. The third-order valence-corrected chi connectivity index (χ3v) is 3.07. The van der Waals surface area contributed by atoms with Gasteiger partial charge in [-0.15, -0.1) is 0 Å². The van der Waals surface area contributed by atoms with Crippen molar-refractivity contribution in [2.75, 3.05) is 5.32 Å². The van der Waals surface area contributed by atoms with Crippen molar-refractivity contribution in [1.82, 2.24) is 0 Å². The SMILES string of the molecule is CCC(C)(Nc1ccc([N+](=O)[O-])cc1C(N)=O)C(=O)O. The quantitative estimate of drug-likeness (QED) is 0.532. The van der Waals surface area contributed by atoms with Crippen molar-refractivity contribution in [2.45, 2.75) is 25.8 Å². The summed E-state index contributed by atoms with van der Waals surface area (Å²) in [5, 5.41) is 22.6. The number of non-ortho nitro benzene ring substituents is 1. The first-order chi connectivity index (χ1) is 9.21. The van der Waals surface area contributed by atoms with Gasteiger partial charge in [0.1, 0.15) is 5.54 Å². The number of nitrogens with two attached hydrogens (primary N) is 1. The Balaban J connectivity index is 3.28. The number of hydrogen-bond donors (Lipinski definition) is 3. The molecule has 20 heavy (non-hydrogen) atoms. The molecule has 1 amide bonds. The lowest BCUT2D eigenvalue weighted by molar-refractivity contribution is -0.384. The van der Waals surface area contributed by atoms with Crippen molar-refractivity contribution >= 4 is 23.3 Å². The summed E-state index contributed by atoms with van der Waals surface area (Å²) in [6.45, 7) is 3.11. The van der Waals surface area contributed by atoms with Crippen LogP contribution in [0.1, 0.15) is 30.6 Å². The number of primary amides is 1. The molecular formula is C12H15N3O5. The Morgan fingerprint density at radius 1 is 1.50 bits per heavy atom. The molecule has 4 N–H and O–H groups in total. The summed E-state index contributed by atoms with van der Waals surface area (Å²) in [5.74, 6) is -1.98. The zero-order chi connectivity index (χ0) is 15.5. The lowest BCUT2D eigenvalue weighted by atomic mass is 9.97. The van der Waals surface area contributed by atoms with Gasteiger partial charge < -0.3 is 16.2 Å². The fraction of sp³-hybridized carbons (Fsp3) is 0.333. The van der Waals surface area contributed by atoms with Gasteiger partial charge in [0.05, 0.1) is 10.5 Å². The average Bonchev–Trinajstić information content (AvgIpc) is 2.38. The number of nitro benzene ring substituents is 1. The van der Waals surface area contributed by atoms with Crippen LogP contribution >= 0.6 is 0 Å². The second-order valence-corrected chi connectivity index (χ2v) is 4.47. The molecular weight excluding hydrogens is 266 g/mol. The molecule has 0 aliphatic carbocycles. The van der Waals surface area contributed by atoms with Crippen LogP contribution in [0.2, 0.25) is 0 Å². The molecule has 1 rings (SSSR count). The monoisotopic (exact) mass is 281 g/mol. The minimum Gasteiger partial charge on any atom is -0.480 e. The highest BCUT2D eigenvalue weighted by atomic mass is 16.6. The van der Waals surface area contributed by atoms with Gasteiger partial charge in [-0.25, -0.2) is 4.79 Å². The van der Waals surface area contributed by atoms with Crippen molar-refractivity contribution in [3.05, 3.63) is 33.9 Å². The Labute approximate surface area is 114 Å². The number of benzene rings is 1. The molecule has 0 saturated heterocycles. The summed E-state index contributed by atoms with van der Waals surface area (Å²) in [6, 6.07) is 3.46. The molecule has 0 saturated carbocycles. The van der Waals surface area contributed by atoms with Crippen molar-refractivity contribution in [3.63, 3.8) is 0 Å². The average molecular weight is 281 g/mol. The highest BCUT2D eigenvalue weighted by molar-refractivity contribution is 6.00. The topological polar surface area (TPSA) is 136 Å². The van der Waals surface area contributed by atoms with Gasteiger partial charge in [-0.2, -0.15) is 0 Å². The molecule has 1 atom stereocenters. The van der Waals surface area contributed by atoms with Crippen LogP contribution in [0.3, 0.4) is 0 Å². The van der Waals surface area contributed by atoms with Gasteiger partial charge >= 0.3 is 5.97 Å². The van der Waals surface area contributed by atoms with E-state index in [9.17, 15) is 24.8 Å². The summed E-state index contributed by atoms with van der Waals surface area (Å²) in [7, 11) is 0. The van der Waals surface area contributed by atoms with E-state index >= 15 is 0 Å². The minimum absolute atomic E-state index is 0.125. The highest BCUT2D eigenvalue weighted by Gasteiger charge is 2.32. The van der Waals surface area contributed by atoms with Crippen LogP contribution in [0.5, 0.6) is 0 Å². The Morgan fingerprint density at radius 2 is 2.10 bits per heavy atom. The summed E-state index contributed by atoms with van der Waals surface area (Å²) < 4.78 is 0. The number of nitrogens with zero attached hydrogens (tertiary/aromatic N) is 1. The van der Waals surface area contributed by atoms with Crippen LogP contribution in [0, 0.1) is 10.1 Å². The predicted octanol–water partition coefficient (Wildman–Crippen LogP) is 1.36. The minimum atomic E-state index is -1.31. The number of carboxylic acids is 1. The van der Waals surface area contributed by atoms with E-state index in [0.717, 1.165) is 6.07 Å². The first-order valence-electron chi connectivity index (χ1n) is 5.81. The molecule has 0 aliphatic heterocycles. The maximum absolute atomic E-state index is 11.4. The Hall–Kier alpha value is -2.64. The molecule has 0 bridgehead atoms. The number of rotatable bonds is 6. The fourth-order valence-corrected chi connectivity index (χ4v) is 1.55. The molecule has 0 fully saturated rings. The van der Waals surface area contributed by atoms with E-state index in [4.69, 9.17) is 5.73 Å². The normalized spacial score (nSPS) is 13.3. The highest BCUT2D eigenvalue weighted by Crippen LogP contribution is 2.26. The number of amides is 1. The maximum atomic E-state index is 11.4. The largest absolute Gasteiger partial charge is 0.480 e. The lowest BCUT2D eigenvalue weighted by Gasteiger charge is -2.26. The summed E-state index contributed by atoms with van der Waals surface area (Å²) >= 11 is 0. The van der Waals surface area contributed by atoms with Crippen LogP contribution in [0.15, 0.2) is 18.2 Å². The molecule has 108 valence electrons. The zero-order valence-corrected chi connectivity index (χ0v) is 11.0. The standard InChI is InChI=1S/C12H15N3O5/c1-3-12(2,11(17)18)14-9-5-4-7(15(19)20)6-8(9)10(13)16/h4-6,14H,3H2,1-2H3,(H2,13,16)(H,17,18). The number of carbonyl (C=O) groups excluding carboxylic acids is 1. The molecule has 1 aromatic rings. The molecule has 8 nitrogen and oxygen atoms in total. The van der Waals surface area contributed by atoms with E-state index in [1.807, 2.05) is 0 Å². The Morgan fingerprint density at radius 3 is 2.50 bits per heavy atom. The summed E-state index contributed by atoms with van der Waals surface area (Å²) in [5.41, 5.74) is 3.60. The molecule has 1 aromatic carbocycles. The summed E-state index contributed by atoms with van der Waals surface area (Å²) in [4.78, 5) is 32.6. The molecule has 1 unspecified atom stereocenters. The second kappa shape index (κ2) is 5.55. The Bertz CT molecular complexity index is 572. The number of hydrogen-bond acceptors (Lipinski definition) is 5. The van der Waals surface area contributed by atoms with Gasteiger partial charge in [-0.1, -0.05) is 6.92 Å². The van der Waals surface area contributed by atoms with Gasteiger partial charge in [0, 0.05) is 17.8 Å². The van der Waals surface area contributed by atoms with Gasteiger partial charge in [0.15, 0.2) is 0 Å². The summed E-state index contributed by atoms with van der Waals surface area (Å²) in [6.07, 6.45) is 0.248. The number of nitrogens with one attached hydrogen (secondary N) is 1. The molecule has 0 aliphatic rings. The van der Waals surface area contributed by atoms with Gasteiger partial charge in [0.2, 0.25) is 0 Å². The zero-order valence-electron chi connectivity index (χ0n) is 11.0. The van der Waals surface area contributed by atoms with E-state index in [0.29, 0.717) is 0 Å². The van der Waals surface area contributed by atoms with Crippen molar-refractivity contribution in [1.29, 1.82) is 0 Å². The van der Waals surface area contributed by atoms with Crippen molar-refractivity contribution in [2.24, 2.45) is 5.73 Å². The smallest absolute Gasteiger partial charge is 0.329 e. The van der Waals surface area contributed by atoms with Gasteiger partial charge in [-0.3, -0.25) is 14.9 Å². The maximum Gasteiger partial charge on any atom is 0.329 e. The molecule has 0 heterocycles. The van der Waals surface area contributed by atoms with Gasteiger partial charge in [-0.05, 0) is 19.4 Å². The van der Waals surface area contributed by atoms with E-state index < -0.39 is 22.3 Å². The van der Waals surface area contributed by atoms with E-state index in [2.05, 4.69) is 5.32 Å². The number of anilines is 1. The molecule has 0 aromatic heterocycles. The lowest BCUT2D eigenvalue weighted by Crippen LogP contribution is -2.43. The molecule has 8 heteroatoms. The first kappa shape index (κ1) is 15.4. The van der Waals surface area contributed by atoms with E-state index in [1.165, 1.54) is 19.1 Å². The fourth-order valence-electron chi connectivity index (χ4n) is 1.55. The van der Waals surface area contributed by atoms with Crippen LogP contribution in [-0.2, 0) is 4.79 Å². The predicted molar refractivity (Wildman–Crippen MR) is 71.6 cm³/mol. The van der Waals surface area contributed by atoms with Crippen LogP contribution in [0.4, 0.5) is 11.4 Å². The van der Waals surface area contributed by atoms with Gasteiger partial charge in [0.25, 0.3) is 11.6 Å². The number of nitro groups is 1. The second-order valence-electron chi connectivity index (χ2n) is 4.47. The third kappa shape index (κ3) is 3.02. The number of carbonyl (C=O) groups is 2. The van der Waals surface area contributed by atoms with Crippen LogP contribution in [-0.4, -0.2) is 27.4 Å². The van der Waals surface area contributed by atoms with E-state index in [1.54, 1.807) is 6.92 Å². The van der Waals surface area contributed by atoms with Crippen LogP contribution < -0.4 is 11.1 Å². The third-order valence-electron chi connectivity index (χ3n) is 3.07. The van der Waals surface area contributed by atoms with E-state index in [-0.39, 0.29) is 23.4 Å². The van der Waals surface area contributed by atoms with Crippen molar-refractivity contribution in [3.8, 4) is 0 Å². The Kier molecular flexibility index (Phi) is 4.28. The number of carboxylic acid groups (broad SMARTS) is 1. The van der Waals surface area contributed by atoms with Crippen molar-refractivity contribution < 1.29 is 19.6 Å². The van der Waals surface area contributed by atoms with Crippen LogP contribution in [0.25, 0.3) is 0 Å². The number of aliphatic carboxylic acids is 1. The first-order valence-corrected chi connectivity index (χ1v) is 5.81.